The molecule has 1 heterocycles. The minimum absolute atomic E-state index is 0.0820. The van der Waals surface area contributed by atoms with Crippen molar-refractivity contribution in [2.75, 3.05) is 26.2 Å². The van der Waals surface area contributed by atoms with Gasteiger partial charge in [-0.2, -0.15) is 0 Å². The van der Waals surface area contributed by atoms with E-state index in [0.717, 1.165) is 0 Å². The maximum atomic E-state index is 12.4. The number of benzene rings is 1. The molecule has 1 saturated heterocycles. The molecule has 8 nitrogen and oxygen atoms in total. The van der Waals surface area contributed by atoms with E-state index in [1.54, 1.807) is 6.07 Å². The molecule has 1 atom stereocenters. The quantitative estimate of drug-likeness (QED) is 0.550. The lowest BCUT2D eigenvalue weighted by Gasteiger charge is -2.27. The predicted octanol–water partition coefficient (Wildman–Crippen LogP) is 1.44. The summed E-state index contributed by atoms with van der Waals surface area (Å²) in [6.45, 7) is 4.61. The molecule has 0 bridgehead atoms. The standard InChI is InChI=1S/C18H24BCl2N3O5/c1-11(2)7-15(19-28-6-5-22-10-17(26)29-19)24-16(25)9-23-18(27)13-8-12(20)3-4-14(13)21/h3-4,8,11,15,22H,5-7,9-10H2,1-2H3,(H,23,27)(H,24,25). The Bertz CT molecular complexity index is 750. The van der Waals surface area contributed by atoms with E-state index in [9.17, 15) is 14.4 Å². The van der Waals surface area contributed by atoms with Gasteiger partial charge in [-0.1, -0.05) is 37.0 Å². The summed E-state index contributed by atoms with van der Waals surface area (Å²) < 4.78 is 10.9. The predicted molar refractivity (Wildman–Crippen MR) is 111 cm³/mol. The van der Waals surface area contributed by atoms with Gasteiger partial charge >= 0.3 is 13.1 Å². The zero-order valence-corrected chi connectivity index (χ0v) is 17.8. The van der Waals surface area contributed by atoms with E-state index in [4.69, 9.17) is 32.5 Å². The summed E-state index contributed by atoms with van der Waals surface area (Å²) in [7, 11) is -0.894. The number of hydrogen-bond acceptors (Lipinski definition) is 6. The highest BCUT2D eigenvalue weighted by atomic mass is 35.5. The van der Waals surface area contributed by atoms with E-state index < -0.39 is 30.8 Å². The Morgan fingerprint density at radius 2 is 2.07 bits per heavy atom. The first-order chi connectivity index (χ1) is 13.8. The van der Waals surface area contributed by atoms with E-state index in [1.165, 1.54) is 12.1 Å². The summed E-state index contributed by atoms with van der Waals surface area (Å²) in [5.41, 5.74) is 0.176. The highest BCUT2D eigenvalue weighted by Crippen LogP contribution is 2.20. The fraction of sp³-hybridized carbons (Fsp3) is 0.500. The molecule has 1 aromatic rings. The summed E-state index contributed by atoms with van der Waals surface area (Å²) in [6, 6.07) is 4.50. The zero-order chi connectivity index (χ0) is 21.4. The van der Waals surface area contributed by atoms with E-state index in [0.29, 0.717) is 24.6 Å². The third-order valence-electron chi connectivity index (χ3n) is 4.06. The van der Waals surface area contributed by atoms with Crippen molar-refractivity contribution in [1.29, 1.82) is 0 Å². The van der Waals surface area contributed by atoms with Crippen LogP contribution in [0.2, 0.25) is 10.0 Å². The number of nitrogens with one attached hydrogen (secondary N) is 3. The molecule has 1 unspecified atom stereocenters. The van der Waals surface area contributed by atoms with Crippen molar-refractivity contribution in [2.45, 2.75) is 26.2 Å². The lowest BCUT2D eigenvalue weighted by Crippen LogP contribution is -2.54. The van der Waals surface area contributed by atoms with Crippen LogP contribution in [-0.4, -0.2) is 57.1 Å². The summed E-state index contributed by atoms with van der Waals surface area (Å²) >= 11 is 11.9. The van der Waals surface area contributed by atoms with Crippen LogP contribution in [0.25, 0.3) is 0 Å². The Labute approximate surface area is 180 Å². The van der Waals surface area contributed by atoms with Crippen molar-refractivity contribution in [3.05, 3.63) is 33.8 Å². The van der Waals surface area contributed by atoms with Crippen molar-refractivity contribution < 1.29 is 23.7 Å². The van der Waals surface area contributed by atoms with Gasteiger partial charge in [-0.05, 0) is 30.5 Å². The van der Waals surface area contributed by atoms with Gasteiger partial charge in [-0.25, -0.2) is 0 Å². The summed E-state index contributed by atoms with van der Waals surface area (Å²) in [6.07, 6.45) is 0.533. The number of carbonyl (C=O) groups is 3. The number of rotatable bonds is 7. The van der Waals surface area contributed by atoms with Crippen LogP contribution in [0.5, 0.6) is 0 Å². The number of carbonyl (C=O) groups excluding carboxylic acids is 3. The van der Waals surface area contributed by atoms with Crippen molar-refractivity contribution in [3.8, 4) is 0 Å². The lowest BCUT2D eigenvalue weighted by atomic mass is 9.73. The average molecular weight is 444 g/mol. The second kappa shape index (κ2) is 11.4. The van der Waals surface area contributed by atoms with Crippen LogP contribution < -0.4 is 16.0 Å². The van der Waals surface area contributed by atoms with Crippen molar-refractivity contribution in [2.24, 2.45) is 5.92 Å². The first-order valence-corrected chi connectivity index (χ1v) is 10.1. The average Bonchev–Trinajstić information content (AvgIpc) is 2.63. The van der Waals surface area contributed by atoms with E-state index in [-0.39, 0.29) is 29.6 Å². The molecule has 11 heteroatoms. The van der Waals surface area contributed by atoms with E-state index in [2.05, 4.69) is 16.0 Å². The topological polar surface area (TPSA) is 106 Å². The van der Waals surface area contributed by atoms with Crippen LogP contribution in [-0.2, 0) is 18.9 Å². The van der Waals surface area contributed by atoms with Gasteiger partial charge < -0.3 is 25.3 Å². The van der Waals surface area contributed by atoms with Crippen LogP contribution >= 0.6 is 23.2 Å². The molecule has 1 aliphatic heterocycles. The zero-order valence-electron chi connectivity index (χ0n) is 16.3. The third-order valence-corrected chi connectivity index (χ3v) is 4.63. The Morgan fingerprint density at radius 1 is 1.31 bits per heavy atom. The van der Waals surface area contributed by atoms with E-state index in [1.807, 2.05) is 13.8 Å². The molecular formula is C18H24BCl2N3O5. The van der Waals surface area contributed by atoms with Gasteiger partial charge in [0.25, 0.3) is 5.91 Å². The fourth-order valence-electron chi connectivity index (χ4n) is 2.77. The molecule has 2 rings (SSSR count). The molecule has 29 heavy (non-hydrogen) atoms. The molecule has 0 aliphatic carbocycles. The minimum Gasteiger partial charge on any atom is -0.507 e. The van der Waals surface area contributed by atoms with Crippen LogP contribution in [0.3, 0.4) is 0 Å². The van der Waals surface area contributed by atoms with Crippen molar-refractivity contribution in [1.82, 2.24) is 16.0 Å². The van der Waals surface area contributed by atoms with Gasteiger partial charge in [0.05, 0.1) is 29.6 Å². The van der Waals surface area contributed by atoms with Gasteiger partial charge in [0.15, 0.2) is 0 Å². The van der Waals surface area contributed by atoms with Crippen LogP contribution in [0, 0.1) is 5.92 Å². The first kappa shape index (κ1) is 23.5. The Hall–Kier alpha value is -1.81. The van der Waals surface area contributed by atoms with Crippen LogP contribution in [0.1, 0.15) is 30.6 Å². The summed E-state index contributed by atoms with van der Waals surface area (Å²) in [4.78, 5) is 36.5. The summed E-state index contributed by atoms with van der Waals surface area (Å²) in [5.74, 6) is -1.75. The Morgan fingerprint density at radius 3 is 2.79 bits per heavy atom. The molecule has 0 spiro atoms. The molecule has 0 saturated carbocycles. The maximum Gasteiger partial charge on any atom is 0.551 e. The number of hydrogen-bond donors (Lipinski definition) is 3. The lowest BCUT2D eigenvalue weighted by molar-refractivity contribution is -0.136. The van der Waals surface area contributed by atoms with E-state index >= 15 is 0 Å². The molecule has 0 aromatic heterocycles. The summed E-state index contributed by atoms with van der Waals surface area (Å²) in [5, 5.41) is 8.76. The Balaban J connectivity index is 1.97. The van der Waals surface area contributed by atoms with Crippen molar-refractivity contribution >= 4 is 48.1 Å². The second-order valence-electron chi connectivity index (χ2n) is 7.02. The van der Waals surface area contributed by atoms with Gasteiger partial charge in [0.1, 0.15) is 0 Å². The largest absolute Gasteiger partial charge is 0.551 e. The highest BCUT2D eigenvalue weighted by Gasteiger charge is 2.36. The van der Waals surface area contributed by atoms with Crippen LogP contribution in [0.4, 0.5) is 0 Å². The van der Waals surface area contributed by atoms with Crippen LogP contribution in [0.15, 0.2) is 18.2 Å². The smallest absolute Gasteiger partial charge is 0.507 e. The molecule has 2 amide bonds. The molecule has 3 N–H and O–H groups in total. The molecule has 1 aliphatic rings. The maximum absolute atomic E-state index is 12.4. The molecule has 158 valence electrons. The fourth-order valence-corrected chi connectivity index (χ4v) is 3.15. The normalized spacial score (nSPS) is 15.9. The molecule has 0 radical (unpaired) electrons. The third kappa shape index (κ3) is 7.85. The van der Waals surface area contributed by atoms with Gasteiger partial charge in [-0.3, -0.25) is 14.4 Å². The minimum atomic E-state index is -0.894. The first-order valence-electron chi connectivity index (χ1n) is 9.30. The van der Waals surface area contributed by atoms with Gasteiger partial charge in [-0.15, -0.1) is 0 Å². The SMILES string of the molecule is CC(C)CC(NC(=O)CNC(=O)c1cc(Cl)ccc1Cl)B1OCCNCC(=O)O1. The number of halogens is 2. The van der Waals surface area contributed by atoms with Gasteiger partial charge in [0, 0.05) is 18.2 Å². The molecule has 1 aromatic carbocycles. The second-order valence-corrected chi connectivity index (χ2v) is 7.86. The van der Waals surface area contributed by atoms with Gasteiger partial charge in [0.2, 0.25) is 5.91 Å². The molecule has 1 fully saturated rings. The van der Waals surface area contributed by atoms with Crippen molar-refractivity contribution in [3.63, 3.8) is 0 Å². The number of amides is 2. The highest BCUT2D eigenvalue weighted by molar-refractivity contribution is 6.49. The molecular weight excluding hydrogens is 420 g/mol. The monoisotopic (exact) mass is 443 g/mol. The Kier molecular flexibility index (Phi) is 9.23.